The average Bonchev–Trinajstić information content (AvgIpc) is 2.18. The molecule has 0 saturated heterocycles. The number of aromatic nitrogens is 1. The lowest BCUT2D eigenvalue weighted by atomic mass is 10.1. The number of hydrogen-bond acceptors (Lipinski definition) is 4. The van der Waals surface area contributed by atoms with Gasteiger partial charge in [-0.2, -0.15) is 0 Å². The van der Waals surface area contributed by atoms with Gasteiger partial charge >= 0.3 is 5.97 Å². The molecule has 0 aliphatic heterocycles. The normalized spacial score (nSPS) is 12.4. The summed E-state index contributed by atoms with van der Waals surface area (Å²) in [6.07, 6.45) is 0.516. The maximum Gasteiger partial charge on any atom is 0.354 e. The number of carbonyl (C=O) groups is 1. The molecular weight excluding hydrogens is 186 g/mol. The molecule has 0 bridgehead atoms. The van der Waals surface area contributed by atoms with Crippen LogP contribution in [-0.2, 0) is 6.42 Å². The first kappa shape index (κ1) is 10.6. The molecular formula is C9H11NO4. The van der Waals surface area contributed by atoms with Crippen LogP contribution >= 0.6 is 0 Å². The second-order valence-electron chi connectivity index (χ2n) is 2.86. The van der Waals surface area contributed by atoms with E-state index in [9.17, 15) is 4.79 Å². The topological polar surface area (TPSA) is 90.7 Å². The molecule has 1 heterocycles. The van der Waals surface area contributed by atoms with Crippen LogP contribution in [0.3, 0.4) is 0 Å². The summed E-state index contributed by atoms with van der Waals surface area (Å²) >= 11 is 0. The number of aliphatic hydroxyl groups excluding tert-OH is 2. The fraction of sp³-hybridized carbons (Fsp3) is 0.333. The molecule has 5 heteroatoms. The maximum atomic E-state index is 10.7. The zero-order valence-electron chi connectivity index (χ0n) is 7.42. The minimum Gasteiger partial charge on any atom is -0.477 e. The summed E-state index contributed by atoms with van der Waals surface area (Å²) in [4.78, 5) is 14.4. The van der Waals surface area contributed by atoms with Gasteiger partial charge in [-0.05, 0) is 11.6 Å². The zero-order chi connectivity index (χ0) is 10.6. The van der Waals surface area contributed by atoms with Gasteiger partial charge in [0.25, 0.3) is 0 Å². The molecule has 0 radical (unpaired) electrons. The van der Waals surface area contributed by atoms with Gasteiger partial charge in [0.15, 0.2) is 5.69 Å². The van der Waals surface area contributed by atoms with Crippen LogP contribution in [0.2, 0.25) is 0 Å². The highest BCUT2D eigenvalue weighted by atomic mass is 16.4. The van der Waals surface area contributed by atoms with Gasteiger partial charge in [0.1, 0.15) is 0 Å². The van der Waals surface area contributed by atoms with Crippen LogP contribution in [0, 0.1) is 0 Å². The van der Waals surface area contributed by atoms with Crippen molar-refractivity contribution < 1.29 is 20.1 Å². The quantitative estimate of drug-likeness (QED) is 0.615. The van der Waals surface area contributed by atoms with Crippen molar-refractivity contribution in [2.75, 3.05) is 6.61 Å². The minimum absolute atomic E-state index is 0.0833. The second-order valence-corrected chi connectivity index (χ2v) is 2.86. The maximum absolute atomic E-state index is 10.7. The summed E-state index contributed by atoms with van der Waals surface area (Å²) < 4.78 is 0. The van der Waals surface area contributed by atoms with Crippen LogP contribution in [0.5, 0.6) is 0 Å². The Morgan fingerprint density at radius 1 is 1.57 bits per heavy atom. The third-order valence-electron chi connectivity index (χ3n) is 1.76. The molecule has 76 valence electrons. The number of carboxylic acid groups (broad SMARTS) is 1. The van der Waals surface area contributed by atoms with Crippen molar-refractivity contribution in [2.45, 2.75) is 12.5 Å². The SMILES string of the molecule is O=C(O)c1ncccc1CC(O)CO. The van der Waals surface area contributed by atoms with Crippen LogP contribution in [0.25, 0.3) is 0 Å². The van der Waals surface area contributed by atoms with Crippen molar-refractivity contribution in [3.63, 3.8) is 0 Å². The number of hydrogen-bond donors (Lipinski definition) is 3. The molecule has 0 fully saturated rings. The molecule has 0 amide bonds. The van der Waals surface area contributed by atoms with E-state index < -0.39 is 18.7 Å². The van der Waals surface area contributed by atoms with E-state index in [1.165, 1.54) is 6.20 Å². The number of nitrogens with zero attached hydrogens (tertiary/aromatic N) is 1. The molecule has 1 rings (SSSR count). The van der Waals surface area contributed by atoms with Gasteiger partial charge in [-0.15, -0.1) is 0 Å². The van der Waals surface area contributed by atoms with E-state index >= 15 is 0 Å². The van der Waals surface area contributed by atoms with Gasteiger partial charge in [-0.1, -0.05) is 6.07 Å². The van der Waals surface area contributed by atoms with Crippen molar-refractivity contribution in [3.8, 4) is 0 Å². The molecule has 0 spiro atoms. The Bertz CT molecular complexity index is 326. The van der Waals surface area contributed by atoms with E-state index in [1.807, 2.05) is 0 Å². The summed E-state index contributed by atoms with van der Waals surface area (Å²) in [6, 6.07) is 3.15. The van der Waals surface area contributed by atoms with E-state index in [1.54, 1.807) is 12.1 Å². The molecule has 0 saturated carbocycles. The Morgan fingerprint density at radius 3 is 2.86 bits per heavy atom. The summed E-state index contributed by atoms with van der Waals surface area (Å²) in [5, 5.41) is 26.5. The predicted molar refractivity (Wildman–Crippen MR) is 48.0 cm³/mol. The van der Waals surface area contributed by atoms with E-state index in [-0.39, 0.29) is 12.1 Å². The molecule has 5 nitrogen and oxygen atoms in total. The Kier molecular flexibility index (Phi) is 3.55. The standard InChI is InChI=1S/C9H11NO4/c11-5-7(12)4-6-2-1-3-10-8(6)9(13)14/h1-3,7,11-12H,4-5H2,(H,13,14). The van der Waals surface area contributed by atoms with Gasteiger partial charge < -0.3 is 15.3 Å². The Morgan fingerprint density at radius 2 is 2.29 bits per heavy atom. The monoisotopic (exact) mass is 197 g/mol. The third-order valence-corrected chi connectivity index (χ3v) is 1.76. The summed E-state index contributed by atoms with van der Waals surface area (Å²) in [6.45, 7) is -0.395. The van der Waals surface area contributed by atoms with Crippen LogP contribution in [0.15, 0.2) is 18.3 Å². The van der Waals surface area contributed by atoms with Crippen molar-refractivity contribution in [3.05, 3.63) is 29.6 Å². The Hall–Kier alpha value is -1.46. The lowest BCUT2D eigenvalue weighted by Gasteiger charge is -2.08. The number of aliphatic hydroxyl groups is 2. The van der Waals surface area contributed by atoms with Crippen molar-refractivity contribution in [2.24, 2.45) is 0 Å². The summed E-state index contributed by atoms with van der Waals surface area (Å²) in [7, 11) is 0. The van der Waals surface area contributed by atoms with Gasteiger partial charge in [-0.3, -0.25) is 0 Å². The molecule has 1 atom stereocenters. The lowest BCUT2D eigenvalue weighted by molar-refractivity contribution is 0.0684. The minimum atomic E-state index is -1.13. The number of aromatic carboxylic acids is 1. The Balaban J connectivity index is 2.90. The first-order chi connectivity index (χ1) is 6.65. The summed E-state index contributed by atoms with van der Waals surface area (Å²) in [5.41, 5.74) is 0.335. The smallest absolute Gasteiger partial charge is 0.354 e. The van der Waals surface area contributed by atoms with Gasteiger partial charge in [0.05, 0.1) is 12.7 Å². The first-order valence-corrected chi connectivity index (χ1v) is 4.11. The molecule has 3 N–H and O–H groups in total. The highest BCUT2D eigenvalue weighted by Gasteiger charge is 2.13. The molecule has 1 aromatic rings. The van der Waals surface area contributed by atoms with Crippen LogP contribution in [-0.4, -0.2) is 39.0 Å². The average molecular weight is 197 g/mol. The Labute approximate surface area is 80.7 Å². The highest BCUT2D eigenvalue weighted by molar-refractivity contribution is 5.86. The van der Waals surface area contributed by atoms with E-state index in [4.69, 9.17) is 15.3 Å². The van der Waals surface area contributed by atoms with E-state index in [0.717, 1.165) is 0 Å². The number of rotatable bonds is 4. The summed E-state index contributed by atoms with van der Waals surface area (Å²) in [5.74, 6) is -1.13. The second kappa shape index (κ2) is 4.69. The molecule has 1 unspecified atom stereocenters. The van der Waals surface area contributed by atoms with Crippen molar-refractivity contribution in [1.82, 2.24) is 4.98 Å². The fourth-order valence-electron chi connectivity index (χ4n) is 1.11. The number of carboxylic acids is 1. The van der Waals surface area contributed by atoms with Crippen LogP contribution < -0.4 is 0 Å². The van der Waals surface area contributed by atoms with Gasteiger partial charge in [-0.25, -0.2) is 9.78 Å². The van der Waals surface area contributed by atoms with E-state index in [0.29, 0.717) is 5.56 Å². The fourth-order valence-corrected chi connectivity index (χ4v) is 1.11. The molecule has 1 aromatic heterocycles. The van der Waals surface area contributed by atoms with Crippen LogP contribution in [0.1, 0.15) is 16.1 Å². The van der Waals surface area contributed by atoms with Crippen molar-refractivity contribution in [1.29, 1.82) is 0 Å². The predicted octanol–water partition coefficient (Wildman–Crippen LogP) is -0.324. The van der Waals surface area contributed by atoms with Gasteiger partial charge in [0, 0.05) is 12.6 Å². The van der Waals surface area contributed by atoms with E-state index in [2.05, 4.69) is 4.98 Å². The third kappa shape index (κ3) is 2.51. The molecule has 0 aliphatic rings. The van der Waals surface area contributed by atoms with Crippen molar-refractivity contribution >= 4 is 5.97 Å². The molecule has 0 aromatic carbocycles. The first-order valence-electron chi connectivity index (χ1n) is 4.11. The lowest BCUT2D eigenvalue weighted by Crippen LogP contribution is -2.17. The zero-order valence-corrected chi connectivity index (χ0v) is 7.42. The highest BCUT2D eigenvalue weighted by Crippen LogP contribution is 2.08. The van der Waals surface area contributed by atoms with Gasteiger partial charge in [0.2, 0.25) is 0 Å². The van der Waals surface area contributed by atoms with Crippen LogP contribution in [0.4, 0.5) is 0 Å². The molecule has 14 heavy (non-hydrogen) atoms. The number of pyridine rings is 1. The largest absolute Gasteiger partial charge is 0.477 e. The molecule has 0 aliphatic carbocycles.